The number of fused-ring (bicyclic) bond motifs is 1. The molecular formula is C28H32N6O3. The van der Waals surface area contributed by atoms with Crippen LogP contribution in [0.1, 0.15) is 48.6 Å². The van der Waals surface area contributed by atoms with Crippen LogP contribution in [0.5, 0.6) is 5.88 Å². The lowest BCUT2D eigenvalue weighted by atomic mass is 10.0. The number of benzene rings is 1. The molecule has 2 N–H and O–H groups in total. The van der Waals surface area contributed by atoms with Crippen LogP contribution in [0.15, 0.2) is 55.0 Å². The number of carbonyl (C=O) groups excluding carboxylic acids is 1. The molecule has 1 saturated heterocycles. The highest BCUT2D eigenvalue weighted by atomic mass is 16.5. The number of amides is 1. The Balaban J connectivity index is 0.00000294. The SMILES string of the molecule is Cc1cc(-c2cnn3c(NCc4cccnc4)cc(OC4CCOCC4)nc23)ccc1C(=O)NC1CC1.[HH]. The van der Waals surface area contributed by atoms with Crippen LogP contribution in [0.3, 0.4) is 0 Å². The number of anilines is 1. The topological polar surface area (TPSA) is 103 Å². The Bertz CT molecular complexity index is 1420. The van der Waals surface area contributed by atoms with Gasteiger partial charge in [-0.2, -0.15) is 14.6 Å². The first-order chi connectivity index (χ1) is 18.1. The maximum Gasteiger partial charge on any atom is 0.251 e. The fourth-order valence-electron chi connectivity index (χ4n) is 4.57. The van der Waals surface area contributed by atoms with Crippen LogP contribution in [-0.2, 0) is 11.3 Å². The van der Waals surface area contributed by atoms with Gasteiger partial charge in [0.1, 0.15) is 11.9 Å². The zero-order chi connectivity index (χ0) is 25.2. The van der Waals surface area contributed by atoms with Gasteiger partial charge >= 0.3 is 0 Å². The Labute approximate surface area is 216 Å². The van der Waals surface area contributed by atoms with Crippen molar-refractivity contribution in [2.45, 2.75) is 51.3 Å². The van der Waals surface area contributed by atoms with Gasteiger partial charge in [0.15, 0.2) is 5.65 Å². The number of aromatic nitrogens is 4. The van der Waals surface area contributed by atoms with Crippen LogP contribution >= 0.6 is 0 Å². The average molecular weight is 501 g/mol. The van der Waals surface area contributed by atoms with E-state index < -0.39 is 0 Å². The van der Waals surface area contributed by atoms with Crippen molar-refractivity contribution >= 4 is 17.4 Å². The number of ether oxygens (including phenoxy) is 2. The summed E-state index contributed by atoms with van der Waals surface area (Å²) >= 11 is 0. The number of hydrogen-bond acceptors (Lipinski definition) is 7. The third-order valence-electron chi connectivity index (χ3n) is 6.80. The maximum atomic E-state index is 12.6. The van der Waals surface area contributed by atoms with Crippen LogP contribution in [0, 0.1) is 6.92 Å². The molecule has 0 spiro atoms. The molecule has 1 aliphatic carbocycles. The summed E-state index contributed by atoms with van der Waals surface area (Å²) in [5.74, 6) is 1.31. The second-order valence-corrected chi connectivity index (χ2v) is 9.70. The molecule has 0 radical (unpaired) electrons. The molecule has 9 heteroatoms. The van der Waals surface area contributed by atoms with Crippen molar-refractivity contribution in [1.29, 1.82) is 0 Å². The van der Waals surface area contributed by atoms with Gasteiger partial charge in [-0.25, -0.2) is 0 Å². The molecule has 2 aliphatic rings. The molecule has 0 unspecified atom stereocenters. The highest BCUT2D eigenvalue weighted by molar-refractivity contribution is 5.97. The third-order valence-corrected chi connectivity index (χ3v) is 6.80. The Morgan fingerprint density at radius 1 is 1.16 bits per heavy atom. The number of aryl methyl sites for hydroxylation is 1. The monoisotopic (exact) mass is 500 g/mol. The maximum absolute atomic E-state index is 12.6. The Hall–Kier alpha value is -3.98. The van der Waals surface area contributed by atoms with E-state index in [0.717, 1.165) is 53.8 Å². The summed E-state index contributed by atoms with van der Waals surface area (Å²) < 4.78 is 13.6. The van der Waals surface area contributed by atoms with Crippen molar-refractivity contribution in [3.05, 3.63) is 71.7 Å². The number of nitrogens with zero attached hydrogens (tertiary/aromatic N) is 4. The van der Waals surface area contributed by atoms with Crippen LogP contribution < -0.4 is 15.4 Å². The van der Waals surface area contributed by atoms with Gasteiger partial charge in [0.05, 0.1) is 19.4 Å². The van der Waals surface area contributed by atoms with Crippen molar-refractivity contribution in [2.24, 2.45) is 0 Å². The number of pyridine rings is 1. The summed E-state index contributed by atoms with van der Waals surface area (Å²) in [6.07, 6.45) is 9.27. The number of nitrogens with one attached hydrogen (secondary N) is 2. The first-order valence-electron chi connectivity index (χ1n) is 12.8. The minimum atomic E-state index is -0.0152. The standard InChI is InChI=1S/C28H30N6O3.H2/c1-18-13-20(4-7-23(18)28(35)32-21-5-6-21)24-17-31-34-25(30-16-19-3-2-10-29-15-19)14-26(33-27(24)34)37-22-8-11-36-12-9-22;/h2-4,7,10,13-15,17,21-22,30H,5-6,8-9,11-12,16H2,1H3,(H,32,35);1H. The molecule has 2 fully saturated rings. The van der Waals surface area contributed by atoms with E-state index in [1.165, 1.54) is 0 Å². The normalized spacial score (nSPS) is 16.0. The molecule has 1 aliphatic heterocycles. The zero-order valence-electron chi connectivity index (χ0n) is 20.8. The number of hydrogen-bond donors (Lipinski definition) is 2. The predicted molar refractivity (Wildman–Crippen MR) is 142 cm³/mol. The van der Waals surface area contributed by atoms with Gasteiger partial charge in [0.2, 0.25) is 5.88 Å². The quantitative estimate of drug-likeness (QED) is 0.369. The smallest absolute Gasteiger partial charge is 0.251 e. The second kappa shape index (κ2) is 10.2. The van der Waals surface area contributed by atoms with E-state index in [-0.39, 0.29) is 13.4 Å². The predicted octanol–water partition coefficient (Wildman–Crippen LogP) is 4.41. The minimum absolute atomic E-state index is 0. The van der Waals surface area contributed by atoms with Crippen molar-refractivity contribution in [1.82, 2.24) is 24.9 Å². The van der Waals surface area contributed by atoms with Gasteiger partial charge in [-0.1, -0.05) is 18.2 Å². The lowest BCUT2D eigenvalue weighted by Crippen LogP contribution is -2.26. The molecule has 192 valence electrons. The molecule has 9 nitrogen and oxygen atoms in total. The van der Waals surface area contributed by atoms with Crippen LogP contribution in [-0.4, -0.2) is 50.8 Å². The fraction of sp³-hybridized carbons (Fsp3) is 0.357. The van der Waals surface area contributed by atoms with Gasteiger partial charge in [-0.3, -0.25) is 9.78 Å². The number of rotatable bonds is 8. The minimum Gasteiger partial charge on any atom is -0.474 e. The highest BCUT2D eigenvalue weighted by Gasteiger charge is 2.25. The Kier molecular flexibility index (Phi) is 6.44. The van der Waals surface area contributed by atoms with E-state index in [0.29, 0.717) is 42.9 Å². The molecule has 0 atom stereocenters. The zero-order valence-corrected chi connectivity index (χ0v) is 20.8. The van der Waals surface area contributed by atoms with Crippen LogP contribution in [0.25, 0.3) is 16.8 Å². The highest BCUT2D eigenvalue weighted by Crippen LogP contribution is 2.30. The second-order valence-electron chi connectivity index (χ2n) is 9.70. The summed E-state index contributed by atoms with van der Waals surface area (Å²) in [7, 11) is 0. The van der Waals surface area contributed by atoms with E-state index in [1.807, 2.05) is 55.7 Å². The lowest BCUT2D eigenvalue weighted by molar-refractivity contribution is 0.0238. The van der Waals surface area contributed by atoms with Crippen LogP contribution in [0.2, 0.25) is 0 Å². The molecule has 1 amide bonds. The van der Waals surface area contributed by atoms with E-state index in [9.17, 15) is 4.79 Å². The van der Waals surface area contributed by atoms with Gasteiger partial charge in [0, 0.05) is 56.4 Å². The molecule has 6 rings (SSSR count). The molecule has 4 heterocycles. The van der Waals surface area contributed by atoms with Gasteiger partial charge in [0.25, 0.3) is 5.91 Å². The molecule has 4 aromatic rings. The van der Waals surface area contributed by atoms with Crippen molar-refractivity contribution in [3.8, 4) is 17.0 Å². The van der Waals surface area contributed by atoms with E-state index in [2.05, 4.69) is 20.7 Å². The summed E-state index contributed by atoms with van der Waals surface area (Å²) in [6, 6.07) is 12.0. The molecule has 3 aromatic heterocycles. The van der Waals surface area contributed by atoms with Crippen molar-refractivity contribution in [2.75, 3.05) is 18.5 Å². The van der Waals surface area contributed by atoms with Crippen LogP contribution in [0.4, 0.5) is 5.82 Å². The van der Waals surface area contributed by atoms with Crippen molar-refractivity contribution in [3.63, 3.8) is 0 Å². The largest absolute Gasteiger partial charge is 0.474 e. The summed E-state index contributed by atoms with van der Waals surface area (Å²) in [6.45, 7) is 3.93. The van der Waals surface area contributed by atoms with E-state index in [4.69, 9.17) is 14.5 Å². The van der Waals surface area contributed by atoms with E-state index >= 15 is 0 Å². The number of carbonyl (C=O) groups is 1. The average Bonchev–Trinajstić information content (AvgIpc) is 3.63. The van der Waals surface area contributed by atoms with E-state index in [1.54, 1.807) is 10.7 Å². The summed E-state index contributed by atoms with van der Waals surface area (Å²) in [5.41, 5.74) is 5.18. The van der Waals surface area contributed by atoms with Gasteiger partial charge in [-0.15, -0.1) is 0 Å². The first-order valence-corrected chi connectivity index (χ1v) is 12.8. The van der Waals surface area contributed by atoms with Crippen molar-refractivity contribution < 1.29 is 15.7 Å². The van der Waals surface area contributed by atoms with Gasteiger partial charge in [-0.05, 0) is 48.6 Å². The summed E-state index contributed by atoms with van der Waals surface area (Å²) in [5, 5.41) is 11.2. The molecule has 0 bridgehead atoms. The molecular weight excluding hydrogens is 468 g/mol. The molecule has 1 aromatic carbocycles. The fourth-order valence-corrected chi connectivity index (χ4v) is 4.57. The first kappa shape index (κ1) is 23.4. The Morgan fingerprint density at radius 3 is 2.78 bits per heavy atom. The molecule has 1 saturated carbocycles. The lowest BCUT2D eigenvalue weighted by Gasteiger charge is -2.23. The third kappa shape index (κ3) is 5.27. The van der Waals surface area contributed by atoms with Gasteiger partial charge < -0.3 is 20.1 Å². The summed E-state index contributed by atoms with van der Waals surface area (Å²) in [4.78, 5) is 21.7. The Morgan fingerprint density at radius 2 is 2.03 bits per heavy atom. The molecule has 37 heavy (non-hydrogen) atoms.